The molecule has 0 aromatic rings. The van der Waals surface area contributed by atoms with E-state index in [2.05, 4.69) is 31.5 Å². The highest BCUT2D eigenvalue weighted by Crippen LogP contribution is 2.19. The van der Waals surface area contributed by atoms with E-state index >= 15 is 0 Å². The van der Waals surface area contributed by atoms with E-state index in [1.807, 2.05) is 0 Å². The molecule has 2 atom stereocenters. The zero-order valence-corrected chi connectivity index (χ0v) is 7.01. The average molecular weight is 139 g/mol. The van der Waals surface area contributed by atoms with Crippen LogP contribution in [0.3, 0.4) is 0 Å². The summed E-state index contributed by atoms with van der Waals surface area (Å²) in [5, 5.41) is 0. The van der Waals surface area contributed by atoms with E-state index in [1.54, 1.807) is 0 Å². The predicted octanol–water partition coefficient (Wildman–Crippen LogP) is 1.90. The van der Waals surface area contributed by atoms with E-state index < -0.39 is 0 Å². The van der Waals surface area contributed by atoms with Gasteiger partial charge in [-0.3, -0.25) is 4.90 Å². The minimum absolute atomic E-state index is 0.635. The van der Waals surface area contributed by atoms with Gasteiger partial charge in [0.15, 0.2) is 0 Å². The average Bonchev–Trinajstić information content (AvgIpc) is 1.88. The van der Waals surface area contributed by atoms with Gasteiger partial charge in [0.05, 0.1) is 0 Å². The lowest BCUT2D eigenvalue weighted by molar-refractivity contribution is 0.176. The molecule has 1 heteroatoms. The van der Waals surface area contributed by atoms with Crippen molar-refractivity contribution >= 4 is 0 Å². The molecule has 0 amide bonds. The smallest absolute Gasteiger partial charge is 0.0272 e. The monoisotopic (exact) mass is 139 g/mol. The van der Waals surface area contributed by atoms with Crippen molar-refractivity contribution < 1.29 is 0 Å². The van der Waals surface area contributed by atoms with Gasteiger partial charge in [-0.2, -0.15) is 0 Å². The Labute approximate surface area is 63.7 Å². The summed E-state index contributed by atoms with van der Waals surface area (Å²) in [6.45, 7) is 7.37. The molecule has 1 fully saturated rings. The topological polar surface area (TPSA) is 3.24 Å². The fraction of sp³-hybridized carbons (Fsp3) is 0.778. The van der Waals surface area contributed by atoms with Crippen molar-refractivity contribution in [3.05, 3.63) is 12.7 Å². The van der Waals surface area contributed by atoms with Crippen LogP contribution in [-0.2, 0) is 0 Å². The Morgan fingerprint density at radius 2 is 2.20 bits per heavy atom. The summed E-state index contributed by atoms with van der Waals surface area (Å²) in [4.78, 5) is 2.39. The standard InChI is InChI=1S/C9H17N/c1-4-9-6-5-8(2)7-10(9)3/h4,8-9H,1,5-7H2,2-3H3/t8-,9-/m1/s1. The first kappa shape index (κ1) is 7.80. The lowest BCUT2D eigenvalue weighted by Crippen LogP contribution is -2.38. The summed E-state index contributed by atoms with van der Waals surface area (Å²) in [5.41, 5.74) is 0. The summed E-state index contributed by atoms with van der Waals surface area (Å²) in [7, 11) is 2.18. The molecule has 0 saturated carbocycles. The van der Waals surface area contributed by atoms with E-state index in [1.165, 1.54) is 19.4 Å². The molecule has 1 aliphatic heterocycles. The van der Waals surface area contributed by atoms with E-state index in [4.69, 9.17) is 0 Å². The Kier molecular flexibility index (Phi) is 2.50. The number of nitrogens with zero attached hydrogens (tertiary/aromatic N) is 1. The minimum Gasteiger partial charge on any atom is -0.300 e. The molecule has 0 unspecified atom stereocenters. The minimum atomic E-state index is 0.635. The lowest BCUT2D eigenvalue weighted by atomic mass is 9.95. The first-order valence-electron chi connectivity index (χ1n) is 4.07. The molecule has 10 heavy (non-hydrogen) atoms. The molecular formula is C9H17N. The van der Waals surface area contributed by atoms with Gasteiger partial charge >= 0.3 is 0 Å². The summed E-state index contributed by atoms with van der Waals surface area (Å²) < 4.78 is 0. The van der Waals surface area contributed by atoms with Gasteiger partial charge in [-0.15, -0.1) is 6.58 Å². The molecule has 0 aromatic heterocycles. The normalized spacial score (nSPS) is 35.8. The van der Waals surface area contributed by atoms with Crippen LogP contribution in [-0.4, -0.2) is 24.5 Å². The predicted molar refractivity (Wildman–Crippen MR) is 45.0 cm³/mol. The van der Waals surface area contributed by atoms with Gasteiger partial charge in [0.1, 0.15) is 0 Å². The van der Waals surface area contributed by atoms with Crippen molar-refractivity contribution in [2.45, 2.75) is 25.8 Å². The van der Waals surface area contributed by atoms with Crippen LogP contribution in [0.25, 0.3) is 0 Å². The van der Waals surface area contributed by atoms with Crippen LogP contribution in [0.4, 0.5) is 0 Å². The van der Waals surface area contributed by atoms with Gasteiger partial charge < -0.3 is 0 Å². The van der Waals surface area contributed by atoms with Crippen LogP contribution in [0.1, 0.15) is 19.8 Å². The van der Waals surface area contributed by atoms with Crippen molar-refractivity contribution in [1.82, 2.24) is 4.90 Å². The quantitative estimate of drug-likeness (QED) is 0.501. The molecule has 0 spiro atoms. The second kappa shape index (κ2) is 3.20. The molecule has 1 aliphatic rings. The number of hydrogen-bond acceptors (Lipinski definition) is 1. The third kappa shape index (κ3) is 1.60. The number of rotatable bonds is 1. The van der Waals surface area contributed by atoms with Crippen LogP contribution < -0.4 is 0 Å². The fourth-order valence-corrected chi connectivity index (χ4v) is 1.69. The second-order valence-electron chi connectivity index (χ2n) is 3.43. The molecule has 0 radical (unpaired) electrons. The van der Waals surface area contributed by atoms with E-state index in [0.717, 1.165) is 5.92 Å². The number of likely N-dealkylation sites (tertiary alicyclic amines) is 1. The van der Waals surface area contributed by atoms with Crippen LogP contribution in [0, 0.1) is 5.92 Å². The molecule has 0 aliphatic carbocycles. The van der Waals surface area contributed by atoms with Crippen LogP contribution in [0.2, 0.25) is 0 Å². The van der Waals surface area contributed by atoms with Crippen molar-refractivity contribution in [2.75, 3.05) is 13.6 Å². The van der Waals surface area contributed by atoms with Gasteiger partial charge in [-0.05, 0) is 25.8 Å². The molecule has 0 aromatic carbocycles. The summed E-state index contributed by atoms with van der Waals surface area (Å²) in [6, 6.07) is 0.635. The Morgan fingerprint density at radius 3 is 2.70 bits per heavy atom. The zero-order valence-electron chi connectivity index (χ0n) is 7.01. The number of likely N-dealkylation sites (N-methyl/N-ethyl adjacent to an activating group) is 1. The Morgan fingerprint density at radius 1 is 1.50 bits per heavy atom. The lowest BCUT2D eigenvalue weighted by Gasteiger charge is -2.33. The van der Waals surface area contributed by atoms with Crippen LogP contribution in [0.5, 0.6) is 0 Å². The molecule has 1 heterocycles. The van der Waals surface area contributed by atoms with Gasteiger partial charge in [0.2, 0.25) is 0 Å². The summed E-state index contributed by atoms with van der Waals surface area (Å²) >= 11 is 0. The van der Waals surface area contributed by atoms with E-state index in [9.17, 15) is 0 Å². The molecule has 1 saturated heterocycles. The fourth-order valence-electron chi connectivity index (χ4n) is 1.69. The maximum Gasteiger partial charge on any atom is 0.0272 e. The third-order valence-corrected chi connectivity index (χ3v) is 2.39. The zero-order chi connectivity index (χ0) is 7.56. The SMILES string of the molecule is C=C[C@@H]1CC[C@@H](C)CN1C. The van der Waals surface area contributed by atoms with Gasteiger partial charge in [0.25, 0.3) is 0 Å². The van der Waals surface area contributed by atoms with E-state index in [-0.39, 0.29) is 0 Å². The molecular weight excluding hydrogens is 122 g/mol. The van der Waals surface area contributed by atoms with Gasteiger partial charge in [-0.25, -0.2) is 0 Å². The van der Waals surface area contributed by atoms with E-state index in [0.29, 0.717) is 6.04 Å². The van der Waals surface area contributed by atoms with Gasteiger partial charge in [0, 0.05) is 12.6 Å². The second-order valence-corrected chi connectivity index (χ2v) is 3.43. The first-order chi connectivity index (χ1) is 4.74. The highest BCUT2D eigenvalue weighted by Gasteiger charge is 2.19. The number of piperidine rings is 1. The molecule has 58 valence electrons. The maximum absolute atomic E-state index is 3.82. The van der Waals surface area contributed by atoms with Crippen molar-refractivity contribution in [2.24, 2.45) is 5.92 Å². The molecule has 0 N–H and O–H groups in total. The summed E-state index contributed by atoms with van der Waals surface area (Å²) in [5.74, 6) is 0.876. The molecule has 0 bridgehead atoms. The van der Waals surface area contributed by atoms with Gasteiger partial charge in [-0.1, -0.05) is 13.0 Å². The largest absolute Gasteiger partial charge is 0.300 e. The van der Waals surface area contributed by atoms with Crippen molar-refractivity contribution in [3.63, 3.8) is 0 Å². The Bertz CT molecular complexity index is 120. The maximum atomic E-state index is 3.82. The van der Waals surface area contributed by atoms with Crippen molar-refractivity contribution in [1.29, 1.82) is 0 Å². The van der Waals surface area contributed by atoms with Crippen molar-refractivity contribution in [3.8, 4) is 0 Å². The third-order valence-electron chi connectivity index (χ3n) is 2.39. The highest BCUT2D eigenvalue weighted by molar-refractivity contribution is 4.90. The summed E-state index contributed by atoms with van der Waals surface area (Å²) in [6.07, 6.45) is 4.72. The van der Waals surface area contributed by atoms with Crippen LogP contribution in [0.15, 0.2) is 12.7 Å². The van der Waals surface area contributed by atoms with Crippen LogP contribution >= 0.6 is 0 Å². The highest BCUT2D eigenvalue weighted by atomic mass is 15.1. The number of hydrogen-bond donors (Lipinski definition) is 0. The first-order valence-corrected chi connectivity index (χ1v) is 4.07. The Balaban J connectivity index is 2.43. The molecule has 1 rings (SSSR count). The Hall–Kier alpha value is -0.300. The molecule has 1 nitrogen and oxygen atoms in total.